The number of carbonyl (C=O) groups excluding carboxylic acids is 3. The molecule has 0 aromatic heterocycles. The maximum Gasteiger partial charge on any atom is 0.309 e. The smallest absolute Gasteiger partial charge is 0.309 e. The number of ether oxygens (including phenoxy) is 2. The summed E-state index contributed by atoms with van der Waals surface area (Å²) in [6.07, 6.45) is 0.0340. The third-order valence-electron chi connectivity index (χ3n) is 4.13. The lowest BCUT2D eigenvalue weighted by Gasteiger charge is -2.19. The van der Waals surface area contributed by atoms with E-state index in [0.29, 0.717) is 17.1 Å². The molecule has 0 atom stereocenters. The monoisotopic (exact) mass is 412 g/mol. The Morgan fingerprint density at radius 1 is 0.933 bits per heavy atom. The van der Waals surface area contributed by atoms with Gasteiger partial charge in [0.05, 0.1) is 13.0 Å². The van der Waals surface area contributed by atoms with Gasteiger partial charge in [0, 0.05) is 18.3 Å². The lowest BCUT2D eigenvalue weighted by atomic mass is 9.87. The number of rotatable bonds is 8. The minimum Gasteiger partial charge on any atom is -0.493 e. The van der Waals surface area contributed by atoms with Crippen LogP contribution < -0.4 is 15.4 Å². The Kier molecular flexibility index (Phi) is 7.98. The molecule has 30 heavy (non-hydrogen) atoms. The van der Waals surface area contributed by atoms with Crippen molar-refractivity contribution in [2.45, 2.75) is 39.5 Å². The van der Waals surface area contributed by atoms with Gasteiger partial charge in [-0.15, -0.1) is 0 Å². The van der Waals surface area contributed by atoms with Gasteiger partial charge in [0.25, 0.3) is 5.91 Å². The Labute approximate surface area is 176 Å². The lowest BCUT2D eigenvalue weighted by Crippen LogP contribution is -2.21. The maximum atomic E-state index is 12.0. The van der Waals surface area contributed by atoms with Gasteiger partial charge in [-0.25, -0.2) is 0 Å². The number of esters is 1. The third-order valence-corrected chi connectivity index (χ3v) is 4.13. The number of anilines is 2. The zero-order valence-electron chi connectivity index (χ0n) is 17.8. The van der Waals surface area contributed by atoms with E-state index in [1.807, 2.05) is 24.3 Å². The van der Waals surface area contributed by atoms with Crippen LogP contribution in [0.5, 0.6) is 5.75 Å². The maximum absolute atomic E-state index is 12.0. The van der Waals surface area contributed by atoms with Crippen molar-refractivity contribution < 1.29 is 23.9 Å². The van der Waals surface area contributed by atoms with E-state index in [1.165, 1.54) is 12.5 Å². The van der Waals surface area contributed by atoms with Gasteiger partial charge in [-0.3, -0.25) is 14.4 Å². The second-order valence-electron chi connectivity index (χ2n) is 7.84. The first-order valence-electron chi connectivity index (χ1n) is 9.70. The van der Waals surface area contributed by atoms with Crippen LogP contribution in [0.3, 0.4) is 0 Å². The average molecular weight is 412 g/mol. The highest BCUT2D eigenvalue weighted by Crippen LogP contribution is 2.24. The number of hydrogen-bond donors (Lipinski definition) is 2. The minimum absolute atomic E-state index is 0.0340. The fourth-order valence-electron chi connectivity index (χ4n) is 2.60. The molecule has 0 radical (unpaired) electrons. The van der Waals surface area contributed by atoms with E-state index in [2.05, 4.69) is 31.4 Å². The van der Waals surface area contributed by atoms with E-state index in [-0.39, 0.29) is 24.3 Å². The second kappa shape index (κ2) is 10.4. The second-order valence-corrected chi connectivity index (χ2v) is 7.84. The average Bonchev–Trinajstić information content (AvgIpc) is 2.66. The molecule has 0 aliphatic rings. The molecule has 7 heteroatoms. The predicted octanol–water partition coefficient (Wildman–Crippen LogP) is 3.89. The summed E-state index contributed by atoms with van der Waals surface area (Å²) in [6.45, 7) is 7.56. The third kappa shape index (κ3) is 7.95. The first-order chi connectivity index (χ1) is 14.1. The molecule has 2 N–H and O–H groups in total. The molecule has 0 saturated heterocycles. The normalized spacial score (nSPS) is 10.8. The van der Waals surface area contributed by atoms with Crippen molar-refractivity contribution >= 4 is 29.2 Å². The van der Waals surface area contributed by atoms with E-state index in [1.54, 1.807) is 24.3 Å². The molecular formula is C23H28N2O5. The summed E-state index contributed by atoms with van der Waals surface area (Å²) in [5, 5.41) is 5.24. The van der Waals surface area contributed by atoms with Gasteiger partial charge >= 0.3 is 5.97 Å². The number of benzene rings is 2. The minimum atomic E-state index is -0.525. The summed E-state index contributed by atoms with van der Waals surface area (Å²) in [6, 6.07) is 14.4. The molecule has 0 bridgehead atoms. The van der Waals surface area contributed by atoms with Crippen LogP contribution in [0.4, 0.5) is 11.4 Å². The summed E-state index contributed by atoms with van der Waals surface area (Å²) in [5.74, 6) is -0.530. The standard InChI is InChI=1S/C23H28N2O5/c1-16(26)24-18-6-5-7-19(14-18)25-21(27)15-30-22(28)12-13-29-20-10-8-17(9-11-20)23(2,3)4/h5-11,14H,12-13,15H2,1-4H3,(H,24,26)(H,25,27). The number of carbonyl (C=O) groups is 3. The molecule has 2 rings (SSSR count). The van der Waals surface area contributed by atoms with Gasteiger partial charge in [0.15, 0.2) is 6.61 Å². The number of hydrogen-bond acceptors (Lipinski definition) is 5. The number of nitrogens with one attached hydrogen (secondary N) is 2. The summed E-state index contributed by atoms with van der Waals surface area (Å²) in [5.41, 5.74) is 2.31. The molecule has 0 aliphatic carbocycles. The van der Waals surface area contributed by atoms with Crippen LogP contribution in [-0.2, 0) is 24.5 Å². The molecule has 2 amide bonds. The molecule has 0 heterocycles. The van der Waals surface area contributed by atoms with Crippen LogP contribution in [0.1, 0.15) is 39.7 Å². The molecular weight excluding hydrogens is 384 g/mol. The van der Waals surface area contributed by atoms with Gasteiger partial charge in [-0.1, -0.05) is 39.0 Å². The predicted molar refractivity (Wildman–Crippen MR) is 116 cm³/mol. The largest absolute Gasteiger partial charge is 0.493 e. The van der Waals surface area contributed by atoms with Gasteiger partial charge in [-0.2, -0.15) is 0 Å². The van der Waals surface area contributed by atoms with Crippen molar-refractivity contribution in [2.75, 3.05) is 23.8 Å². The molecule has 0 fully saturated rings. The Bertz CT molecular complexity index is 885. The van der Waals surface area contributed by atoms with E-state index >= 15 is 0 Å². The van der Waals surface area contributed by atoms with Crippen molar-refractivity contribution in [3.05, 3.63) is 54.1 Å². The highest BCUT2D eigenvalue weighted by Gasteiger charge is 2.13. The first kappa shape index (κ1) is 22.9. The van der Waals surface area contributed by atoms with Crippen LogP contribution in [0, 0.1) is 0 Å². The van der Waals surface area contributed by atoms with Crippen molar-refractivity contribution in [3.8, 4) is 5.75 Å². The van der Waals surface area contributed by atoms with Crippen molar-refractivity contribution in [2.24, 2.45) is 0 Å². The van der Waals surface area contributed by atoms with Crippen LogP contribution in [0.25, 0.3) is 0 Å². The van der Waals surface area contributed by atoms with Crippen LogP contribution in [0.15, 0.2) is 48.5 Å². The zero-order chi connectivity index (χ0) is 22.1. The van der Waals surface area contributed by atoms with Gasteiger partial charge < -0.3 is 20.1 Å². The van der Waals surface area contributed by atoms with Gasteiger partial charge in [-0.05, 0) is 41.3 Å². The first-order valence-corrected chi connectivity index (χ1v) is 9.70. The zero-order valence-corrected chi connectivity index (χ0v) is 17.8. The summed E-state index contributed by atoms with van der Waals surface area (Å²) in [7, 11) is 0. The highest BCUT2D eigenvalue weighted by atomic mass is 16.5. The SMILES string of the molecule is CC(=O)Nc1cccc(NC(=O)COC(=O)CCOc2ccc(C(C)(C)C)cc2)c1. The number of amides is 2. The summed E-state index contributed by atoms with van der Waals surface area (Å²) < 4.78 is 10.5. The lowest BCUT2D eigenvalue weighted by molar-refractivity contribution is -0.147. The van der Waals surface area contributed by atoms with Crippen molar-refractivity contribution in [1.29, 1.82) is 0 Å². The molecule has 0 spiro atoms. The molecule has 0 unspecified atom stereocenters. The molecule has 2 aromatic carbocycles. The highest BCUT2D eigenvalue weighted by molar-refractivity contribution is 5.94. The van der Waals surface area contributed by atoms with E-state index < -0.39 is 18.5 Å². The van der Waals surface area contributed by atoms with Crippen LogP contribution in [-0.4, -0.2) is 31.0 Å². The van der Waals surface area contributed by atoms with Crippen LogP contribution in [0.2, 0.25) is 0 Å². The van der Waals surface area contributed by atoms with E-state index in [9.17, 15) is 14.4 Å². The molecule has 7 nitrogen and oxygen atoms in total. The Morgan fingerprint density at radius 2 is 1.57 bits per heavy atom. The van der Waals surface area contributed by atoms with Crippen molar-refractivity contribution in [3.63, 3.8) is 0 Å². The molecule has 0 aliphatic heterocycles. The van der Waals surface area contributed by atoms with Crippen molar-refractivity contribution in [1.82, 2.24) is 0 Å². The fraction of sp³-hybridized carbons (Fsp3) is 0.348. The molecule has 160 valence electrons. The topological polar surface area (TPSA) is 93.7 Å². The Balaban J connectivity index is 1.70. The Morgan fingerprint density at radius 3 is 2.17 bits per heavy atom. The summed E-state index contributed by atoms with van der Waals surface area (Å²) in [4.78, 5) is 34.9. The quantitative estimate of drug-likeness (QED) is 0.642. The van der Waals surface area contributed by atoms with E-state index in [0.717, 1.165) is 0 Å². The molecule has 0 saturated carbocycles. The van der Waals surface area contributed by atoms with E-state index in [4.69, 9.17) is 9.47 Å². The molecule has 2 aromatic rings. The van der Waals surface area contributed by atoms with Gasteiger partial charge in [0.2, 0.25) is 5.91 Å². The summed E-state index contributed by atoms with van der Waals surface area (Å²) >= 11 is 0. The van der Waals surface area contributed by atoms with Gasteiger partial charge in [0.1, 0.15) is 5.75 Å². The fourth-order valence-corrected chi connectivity index (χ4v) is 2.60. The Hall–Kier alpha value is -3.35. The van der Waals surface area contributed by atoms with Crippen LogP contribution >= 0.6 is 0 Å².